The van der Waals surface area contributed by atoms with Crippen LogP contribution in [0.4, 0.5) is 0 Å². The summed E-state index contributed by atoms with van der Waals surface area (Å²) in [5, 5.41) is 13.5. The van der Waals surface area contributed by atoms with Crippen molar-refractivity contribution in [3.8, 4) is 0 Å². The molecule has 0 radical (unpaired) electrons. The minimum Gasteiger partial charge on any atom is -0.329 e. The van der Waals surface area contributed by atoms with Gasteiger partial charge in [0.05, 0.1) is 0 Å². The Morgan fingerprint density at radius 2 is 1.05 bits per heavy atom. The van der Waals surface area contributed by atoms with Crippen LogP contribution in [-0.4, -0.2) is 58.9 Å². The first-order valence-corrected chi connectivity index (χ1v) is 7.94. The highest BCUT2D eigenvalue weighted by molar-refractivity contribution is 4.56. The topological polar surface area (TPSA) is 74.1 Å². The minimum atomic E-state index is 0.715. The van der Waals surface area contributed by atoms with E-state index >= 15 is 0 Å². The molecule has 0 aliphatic carbocycles. The van der Waals surface area contributed by atoms with Gasteiger partial charge in [-0.25, -0.2) is 0 Å². The van der Waals surface area contributed by atoms with E-state index in [-0.39, 0.29) is 0 Å². The lowest BCUT2D eigenvalue weighted by molar-refractivity contribution is 0.554. The minimum absolute atomic E-state index is 0.715. The third-order valence-electron chi connectivity index (χ3n) is 2.96. The summed E-state index contributed by atoms with van der Waals surface area (Å²) in [6, 6.07) is 0. The van der Waals surface area contributed by atoms with Crippen LogP contribution >= 0.6 is 0 Å². The molecule has 0 atom stereocenters. The molecule has 0 aliphatic rings. The molecule has 0 spiro atoms. The number of rotatable bonds is 16. The maximum atomic E-state index is 5.38. The molecule has 0 aromatic carbocycles. The van der Waals surface area contributed by atoms with E-state index in [1.807, 2.05) is 0 Å². The zero-order valence-electron chi connectivity index (χ0n) is 12.8. The molecule has 0 amide bonds. The van der Waals surface area contributed by atoms with Gasteiger partial charge in [0.1, 0.15) is 0 Å². The quantitative estimate of drug-likeness (QED) is 0.254. The standard InChI is InChI=1S/C14H35N5/c1-2-3-4-5-7-16-9-11-18-13-14-19-12-10-17-8-6-15/h16-19H,2-15H2,1H3. The molecule has 116 valence electrons. The zero-order chi connectivity index (χ0) is 14.0. The summed E-state index contributed by atoms with van der Waals surface area (Å²) in [5.41, 5.74) is 5.38. The van der Waals surface area contributed by atoms with Gasteiger partial charge in [0, 0.05) is 52.4 Å². The van der Waals surface area contributed by atoms with Crippen LogP contribution in [0.25, 0.3) is 0 Å². The van der Waals surface area contributed by atoms with Gasteiger partial charge in [-0.2, -0.15) is 0 Å². The molecule has 0 saturated heterocycles. The van der Waals surface area contributed by atoms with Crippen LogP contribution in [0.15, 0.2) is 0 Å². The second-order valence-corrected chi connectivity index (χ2v) is 4.85. The van der Waals surface area contributed by atoms with E-state index in [9.17, 15) is 0 Å². The number of nitrogens with two attached hydrogens (primary N) is 1. The first-order chi connectivity index (χ1) is 9.41. The van der Waals surface area contributed by atoms with Gasteiger partial charge in [-0.3, -0.25) is 0 Å². The summed E-state index contributed by atoms with van der Waals surface area (Å²) in [6.45, 7) is 11.2. The maximum Gasteiger partial charge on any atom is 0.00772 e. The normalized spacial score (nSPS) is 11.1. The average molecular weight is 273 g/mol. The SMILES string of the molecule is CCCCCCNCCNCCNCCNCCN. The Balaban J connectivity index is 2.88. The fraction of sp³-hybridized carbons (Fsp3) is 1.00. The average Bonchev–Trinajstić information content (AvgIpc) is 2.43. The van der Waals surface area contributed by atoms with Crippen molar-refractivity contribution in [2.75, 3.05) is 58.9 Å². The largest absolute Gasteiger partial charge is 0.329 e. The summed E-state index contributed by atoms with van der Waals surface area (Å²) < 4.78 is 0. The second kappa shape index (κ2) is 17.8. The highest BCUT2D eigenvalue weighted by atomic mass is 15.0. The van der Waals surface area contributed by atoms with E-state index in [4.69, 9.17) is 5.73 Å². The Morgan fingerprint density at radius 3 is 1.53 bits per heavy atom. The molecule has 0 aromatic heterocycles. The van der Waals surface area contributed by atoms with Crippen molar-refractivity contribution in [3.05, 3.63) is 0 Å². The first kappa shape index (κ1) is 18.8. The molecule has 0 heterocycles. The molecule has 0 fully saturated rings. The van der Waals surface area contributed by atoms with E-state index in [1.165, 1.54) is 25.7 Å². The van der Waals surface area contributed by atoms with Crippen LogP contribution in [0, 0.1) is 0 Å². The molecular weight excluding hydrogens is 238 g/mol. The molecule has 0 unspecified atom stereocenters. The summed E-state index contributed by atoms with van der Waals surface area (Å²) in [7, 11) is 0. The summed E-state index contributed by atoms with van der Waals surface area (Å²) in [4.78, 5) is 0. The Kier molecular flexibility index (Phi) is 17.6. The van der Waals surface area contributed by atoms with Crippen molar-refractivity contribution >= 4 is 0 Å². The smallest absolute Gasteiger partial charge is 0.00772 e. The first-order valence-electron chi connectivity index (χ1n) is 7.94. The predicted molar refractivity (Wildman–Crippen MR) is 84.7 cm³/mol. The van der Waals surface area contributed by atoms with E-state index in [0.717, 1.165) is 52.4 Å². The van der Waals surface area contributed by atoms with Crippen molar-refractivity contribution in [3.63, 3.8) is 0 Å². The van der Waals surface area contributed by atoms with Crippen LogP contribution in [-0.2, 0) is 0 Å². The second-order valence-electron chi connectivity index (χ2n) is 4.85. The Hall–Kier alpha value is -0.200. The number of hydrogen-bond acceptors (Lipinski definition) is 5. The van der Waals surface area contributed by atoms with Gasteiger partial charge >= 0.3 is 0 Å². The molecule has 5 nitrogen and oxygen atoms in total. The number of unbranched alkanes of at least 4 members (excludes halogenated alkanes) is 3. The van der Waals surface area contributed by atoms with Crippen LogP contribution in [0.2, 0.25) is 0 Å². The third-order valence-corrected chi connectivity index (χ3v) is 2.96. The lowest BCUT2D eigenvalue weighted by atomic mass is 10.2. The zero-order valence-corrected chi connectivity index (χ0v) is 12.8. The predicted octanol–water partition coefficient (Wildman–Crippen LogP) is -0.116. The van der Waals surface area contributed by atoms with E-state index < -0.39 is 0 Å². The fourth-order valence-corrected chi connectivity index (χ4v) is 1.81. The van der Waals surface area contributed by atoms with Crippen LogP contribution < -0.4 is 27.0 Å². The van der Waals surface area contributed by atoms with E-state index in [2.05, 4.69) is 28.2 Å². The van der Waals surface area contributed by atoms with Crippen LogP contribution in [0.1, 0.15) is 32.6 Å². The Bertz CT molecular complexity index is 139. The van der Waals surface area contributed by atoms with Crippen molar-refractivity contribution in [1.29, 1.82) is 0 Å². The number of hydrogen-bond donors (Lipinski definition) is 5. The van der Waals surface area contributed by atoms with Crippen LogP contribution in [0.5, 0.6) is 0 Å². The van der Waals surface area contributed by atoms with E-state index in [1.54, 1.807) is 0 Å². The maximum absolute atomic E-state index is 5.38. The summed E-state index contributed by atoms with van der Waals surface area (Å²) in [5.74, 6) is 0. The molecule has 0 aliphatic heterocycles. The van der Waals surface area contributed by atoms with Crippen molar-refractivity contribution in [1.82, 2.24) is 21.3 Å². The molecule has 0 saturated carbocycles. The van der Waals surface area contributed by atoms with Gasteiger partial charge in [-0.05, 0) is 13.0 Å². The van der Waals surface area contributed by atoms with Gasteiger partial charge in [0.15, 0.2) is 0 Å². The third kappa shape index (κ3) is 17.8. The number of nitrogens with one attached hydrogen (secondary N) is 4. The Labute approximate surface area is 119 Å². The molecule has 0 bridgehead atoms. The van der Waals surface area contributed by atoms with Crippen molar-refractivity contribution in [2.45, 2.75) is 32.6 Å². The van der Waals surface area contributed by atoms with Gasteiger partial charge in [0.25, 0.3) is 0 Å². The monoisotopic (exact) mass is 273 g/mol. The van der Waals surface area contributed by atoms with Gasteiger partial charge in [-0.15, -0.1) is 0 Å². The van der Waals surface area contributed by atoms with Crippen molar-refractivity contribution in [2.24, 2.45) is 5.73 Å². The lowest BCUT2D eigenvalue weighted by Gasteiger charge is -2.08. The highest BCUT2D eigenvalue weighted by Gasteiger charge is 1.90. The van der Waals surface area contributed by atoms with Gasteiger partial charge in [-0.1, -0.05) is 26.2 Å². The molecular formula is C14H35N5. The lowest BCUT2D eigenvalue weighted by Crippen LogP contribution is -2.36. The fourth-order valence-electron chi connectivity index (χ4n) is 1.81. The van der Waals surface area contributed by atoms with E-state index in [0.29, 0.717) is 6.54 Å². The molecule has 5 heteroatoms. The molecule has 0 rings (SSSR count). The molecule has 0 aromatic rings. The summed E-state index contributed by atoms with van der Waals surface area (Å²) >= 11 is 0. The molecule has 6 N–H and O–H groups in total. The molecule has 19 heavy (non-hydrogen) atoms. The highest BCUT2D eigenvalue weighted by Crippen LogP contribution is 1.96. The van der Waals surface area contributed by atoms with Crippen LogP contribution in [0.3, 0.4) is 0 Å². The van der Waals surface area contributed by atoms with Gasteiger partial charge in [0.2, 0.25) is 0 Å². The van der Waals surface area contributed by atoms with Gasteiger partial charge < -0.3 is 27.0 Å². The van der Waals surface area contributed by atoms with Crippen molar-refractivity contribution < 1.29 is 0 Å². The summed E-state index contributed by atoms with van der Waals surface area (Å²) in [6.07, 6.45) is 5.35. The Morgan fingerprint density at radius 1 is 0.579 bits per heavy atom.